The number of carbonyl (C=O) groups excluding carboxylic acids is 2. The summed E-state index contributed by atoms with van der Waals surface area (Å²) in [5, 5.41) is 3.20. The summed E-state index contributed by atoms with van der Waals surface area (Å²) in [6.07, 6.45) is 5.59. The predicted molar refractivity (Wildman–Crippen MR) is 97.1 cm³/mol. The summed E-state index contributed by atoms with van der Waals surface area (Å²) < 4.78 is 0. The Hall–Kier alpha value is -1.40. The van der Waals surface area contributed by atoms with Crippen molar-refractivity contribution in [1.82, 2.24) is 10.2 Å². The molecule has 5 N–H and O–H groups in total. The number of nitrogens with zero attached hydrogens (tertiary/aromatic N) is 1. The summed E-state index contributed by atoms with van der Waals surface area (Å²) in [4.78, 5) is 25.9. The molecule has 0 aromatic carbocycles. The van der Waals surface area contributed by atoms with Gasteiger partial charge in [0.05, 0.1) is 12.1 Å². The highest BCUT2D eigenvalue weighted by molar-refractivity contribution is 5.82. The average molecular weight is 338 g/mol. The van der Waals surface area contributed by atoms with Gasteiger partial charge in [-0.15, -0.1) is 6.58 Å². The van der Waals surface area contributed by atoms with E-state index in [0.29, 0.717) is 6.54 Å². The number of nitrogens with one attached hydrogen (secondary N) is 1. The van der Waals surface area contributed by atoms with Crippen molar-refractivity contribution < 1.29 is 9.59 Å². The molecule has 6 nitrogen and oxygen atoms in total. The van der Waals surface area contributed by atoms with Gasteiger partial charge < -0.3 is 21.7 Å². The summed E-state index contributed by atoms with van der Waals surface area (Å²) in [5.41, 5.74) is 11.4. The molecule has 0 spiro atoms. The molecule has 0 radical (unpaired) electrons. The molecule has 0 bridgehead atoms. The van der Waals surface area contributed by atoms with Crippen molar-refractivity contribution in [3.8, 4) is 0 Å². The third-order valence-electron chi connectivity index (χ3n) is 4.95. The molecule has 1 aliphatic rings. The number of hydrogen-bond donors (Lipinski definition) is 3. The van der Waals surface area contributed by atoms with E-state index in [2.05, 4.69) is 11.9 Å². The van der Waals surface area contributed by atoms with Gasteiger partial charge in [-0.25, -0.2) is 0 Å². The molecule has 1 fully saturated rings. The van der Waals surface area contributed by atoms with E-state index in [1.807, 2.05) is 25.7 Å². The van der Waals surface area contributed by atoms with Gasteiger partial charge in [-0.05, 0) is 44.1 Å². The molecule has 1 aliphatic heterocycles. The van der Waals surface area contributed by atoms with Gasteiger partial charge >= 0.3 is 0 Å². The van der Waals surface area contributed by atoms with E-state index >= 15 is 0 Å². The topological polar surface area (TPSA) is 101 Å². The highest BCUT2D eigenvalue weighted by atomic mass is 16.2. The van der Waals surface area contributed by atoms with E-state index in [4.69, 9.17) is 11.5 Å². The molecule has 0 aromatic heterocycles. The summed E-state index contributed by atoms with van der Waals surface area (Å²) >= 11 is 0. The maximum absolute atomic E-state index is 12.5. The number of primary amides is 1. The Balaban J connectivity index is 2.44. The highest BCUT2D eigenvalue weighted by Crippen LogP contribution is 2.23. The summed E-state index contributed by atoms with van der Waals surface area (Å²) in [6.45, 7) is 11.1. The number of hydrogen-bond acceptors (Lipinski definition) is 4. The van der Waals surface area contributed by atoms with Crippen LogP contribution in [0.3, 0.4) is 0 Å². The van der Waals surface area contributed by atoms with Crippen LogP contribution in [0.15, 0.2) is 12.7 Å². The minimum atomic E-state index is -0.420. The lowest BCUT2D eigenvalue weighted by atomic mass is 10.0. The Morgan fingerprint density at radius 1 is 1.38 bits per heavy atom. The first-order valence-electron chi connectivity index (χ1n) is 9.00. The van der Waals surface area contributed by atoms with Crippen LogP contribution in [0.4, 0.5) is 0 Å². The number of nitrogens with two attached hydrogens (primary N) is 2. The second kappa shape index (κ2) is 9.79. The van der Waals surface area contributed by atoms with E-state index < -0.39 is 12.1 Å². The molecule has 0 aliphatic carbocycles. The Bertz CT molecular complexity index is 439. The number of likely N-dealkylation sites (tertiary alicyclic amines) is 1. The van der Waals surface area contributed by atoms with Gasteiger partial charge in [-0.3, -0.25) is 9.59 Å². The fraction of sp³-hybridized carbons (Fsp3) is 0.778. The average Bonchev–Trinajstić information content (AvgIpc) is 3.00. The Kier molecular flexibility index (Phi) is 8.42. The van der Waals surface area contributed by atoms with Crippen LogP contribution in [0, 0.1) is 11.8 Å². The largest absolute Gasteiger partial charge is 0.368 e. The zero-order chi connectivity index (χ0) is 18.3. The number of amides is 2. The normalized spacial score (nSPS) is 21.5. The first kappa shape index (κ1) is 20.6. The zero-order valence-corrected chi connectivity index (χ0v) is 15.3. The molecule has 0 saturated carbocycles. The molecule has 0 aromatic rings. The fourth-order valence-electron chi connectivity index (χ4n) is 3.18. The van der Waals surface area contributed by atoms with Crippen molar-refractivity contribution >= 4 is 11.8 Å². The molecular weight excluding hydrogens is 304 g/mol. The van der Waals surface area contributed by atoms with Gasteiger partial charge in [-0.1, -0.05) is 26.8 Å². The van der Waals surface area contributed by atoms with Crippen molar-refractivity contribution in [1.29, 1.82) is 0 Å². The quantitative estimate of drug-likeness (QED) is 0.409. The Morgan fingerprint density at radius 2 is 2.04 bits per heavy atom. The van der Waals surface area contributed by atoms with Gasteiger partial charge in [-0.2, -0.15) is 0 Å². The predicted octanol–water partition coefficient (Wildman–Crippen LogP) is 1.01. The van der Waals surface area contributed by atoms with Crippen LogP contribution < -0.4 is 16.8 Å². The molecule has 6 heteroatoms. The van der Waals surface area contributed by atoms with Crippen molar-refractivity contribution in [3.63, 3.8) is 0 Å². The molecule has 138 valence electrons. The summed E-state index contributed by atoms with van der Waals surface area (Å²) in [6, 6.07) is -0.553. The van der Waals surface area contributed by atoms with Crippen LogP contribution in [0.2, 0.25) is 0 Å². The summed E-state index contributed by atoms with van der Waals surface area (Å²) in [5.74, 6) is -0.146. The van der Waals surface area contributed by atoms with Crippen molar-refractivity contribution in [2.75, 3.05) is 13.1 Å². The van der Waals surface area contributed by atoms with Gasteiger partial charge in [0.2, 0.25) is 11.8 Å². The van der Waals surface area contributed by atoms with E-state index in [0.717, 1.165) is 32.2 Å². The highest BCUT2D eigenvalue weighted by Gasteiger charge is 2.32. The zero-order valence-electron chi connectivity index (χ0n) is 15.3. The molecule has 24 heavy (non-hydrogen) atoms. The lowest BCUT2D eigenvalue weighted by Gasteiger charge is -2.29. The molecule has 4 atom stereocenters. The van der Waals surface area contributed by atoms with Crippen molar-refractivity contribution in [2.24, 2.45) is 23.3 Å². The minimum Gasteiger partial charge on any atom is -0.368 e. The van der Waals surface area contributed by atoms with Crippen LogP contribution in [-0.4, -0.2) is 47.9 Å². The monoisotopic (exact) mass is 338 g/mol. The maximum Gasteiger partial charge on any atom is 0.239 e. The van der Waals surface area contributed by atoms with Crippen molar-refractivity contribution in [2.45, 2.75) is 64.6 Å². The second-order valence-electron chi connectivity index (χ2n) is 7.17. The molecule has 0 unspecified atom stereocenters. The number of rotatable bonds is 10. The summed E-state index contributed by atoms with van der Waals surface area (Å²) in [7, 11) is 0. The number of carbonyl (C=O) groups is 2. The third-order valence-corrected chi connectivity index (χ3v) is 4.95. The smallest absolute Gasteiger partial charge is 0.239 e. The Morgan fingerprint density at radius 3 is 2.58 bits per heavy atom. The molecule has 1 saturated heterocycles. The first-order valence-corrected chi connectivity index (χ1v) is 9.00. The van der Waals surface area contributed by atoms with Crippen molar-refractivity contribution in [3.05, 3.63) is 12.7 Å². The van der Waals surface area contributed by atoms with Crippen LogP contribution >= 0.6 is 0 Å². The fourth-order valence-corrected chi connectivity index (χ4v) is 3.18. The van der Waals surface area contributed by atoms with Crippen LogP contribution in [0.1, 0.15) is 46.5 Å². The van der Waals surface area contributed by atoms with E-state index in [1.54, 1.807) is 6.08 Å². The van der Waals surface area contributed by atoms with E-state index in [-0.39, 0.29) is 29.7 Å². The van der Waals surface area contributed by atoms with E-state index in [9.17, 15) is 9.59 Å². The molecule has 1 rings (SSSR count). The van der Waals surface area contributed by atoms with Gasteiger partial charge in [0.25, 0.3) is 0 Å². The minimum absolute atomic E-state index is 0.00361. The molecule has 2 amide bonds. The molecule has 1 heterocycles. The van der Waals surface area contributed by atoms with Gasteiger partial charge in [0, 0.05) is 12.6 Å². The van der Waals surface area contributed by atoms with Crippen LogP contribution in [0.5, 0.6) is 0 Å². The van der Waals surface area contributed by atoms with Gasteiger partial charge in [0.1, 0.15) is 0 Å². The van der Waals surface area contributed by atoms with Gasteiger partial charge in [0.15, 0.2) is 0 Å². The SMILES string of the molecule is C=C[C@H](C)[C@@H](NCCC[C@@H]1CCCN1C(=O)[C@@H](N)C(C)C)C(N)=O. The second-order valence-corrected chi connectivity index (χ2v) is 7.17. The van der Waals surface area contributed by atoms with E-state index in [1.165, 1.54) is 0 Å². The Labute approximate surface area is 146 Å². The lowest BCUT2D eigenvalue weighted by molar-refractivity contribution is -0.134. The van der Waals surface area contributed by atoms with Crippen LogP contribution in [-0.2, 0) is 9.59 Å². The van der Waals surface area contributed by atoms with Crippen LogP contribution in [0.25, 0.3) is 0 Å². The maximum atomic E-state index is 12.5. The third kappa shape index (κ3) is 5.60. The first-order chi connectivity index (χ1) is 11.3. The molecular formula is C18H34N4O2. The lowest BCUT2D eigenvalue weighted by Crippen LogP contribution is -2.48. The standard InChI is InChI=1S/C18H34N4O2/c1-5-13(4)16(17(20)23)21-10-6-8-14-9-7-11-22(14)18(24)15(19)12(2)3/h5,12-16,21H,1,6-11,19H2,2-4H3,(H2,20,23)/t13-,14+,15-,16+/m0/s1.